The lowest BCUT2D eigenvalue weighted by atomic mass is 9.89. The number of thioether (sulfide) groups is 1. The van der Waals surface area contributed by atoms with Crippen LogP contribution >= 0.6 is 11.8 Å². The topological polar surface area (TPSA) is 77.8 Å². The normalized spacial score (nSPS) is 16.5. The Bertz CT molecular complexity index is 590. The summed E-state index contributed by atoms with van der Waals surface area (Å²) in [4.78, 5) is 4.37. The van der Waals surface area contributed by atoms with Gasteiger partial charge in [-0.3, -0.25) is 0 Å². The zero-order chi connectivity index (χ0) is 15.4. The summed E-state index contributed by atoms with van der Waals surface area (Å²) >= 11 is 1.45. The zero-order valence-electron chi connectivity index (χ0n) is 13.1. The minimum Gasteiger partial charge on any atom is -0.416 e. The second-order valence-electron chi connectivity index (χ2n) is 6.23. The maximum Gasteiger partial charge on any atom is 0.277 e. The second kappa shape index (κ2) is 7.26. The molecule has 6 nitrogen and oxygen atoms in total. The van der Waals surface area contributed by atoms with E-state index in [1.54, 1.807) is 0 Å². The molecule has 0 unspecified atom stereocenters. The monoisotopic (exact) mass is 322 g/mol. The van der Waals surface area contributed by atoms with Gasteiger partial charge in [0.1, 0.15) is 0 Å². The highest BCUT2D eigenvalue weighted by Gasteiger charge is 2.21. The molecule has 2 aromatic heterocycles. The van der Waals surface area contributed by atoms with Crippen LogP contribution in [-0.4, -0.2) is 20.3 Å². The van der Waals surface area contributed by atoms with Crippen LogP contribution in [0.2, 0.25) is 0 Å². The van der Waals surface area contributed by atoms with E-state index in [9.17, 15) is 0 Å². The highest BCUT2D eigenvalue weighted by Crippen LogP contribution is 2.33. The van der Waals surface area contributed by atoms with E-state index in [4.69, 9.17) is 8.94 Å². The smallest absolute Gasteiger partial charge is 0.277 e. The van der Waals surface area contributed by atoms with Crippen LogP contribution in [0.3, 0.4) is 0 Å². The molecule has 0 saturated heterocycles. The minimum atomic E-state index is 0.441. The molecule has 1 aliphatic rings. The first kappa shape index (κ1) is 15.5. The molecule has 0 aliphatic heterocycles. The highest BCUT2D eigenvalue weighted by molar-refractivity contribution is 7.98. The van der Waals surface area contributed by atoms with E-state index < -0.39 is 0 Å². The van der Waals surface area contributed by atoms with Crippen LogP contribution < -0.4 is 0 Å². The van der Waals surface area contributed by atoms with E-state index in [2.05, 4.69) is 34.2 Å². The van der Waals surface area contributed by atoms with Crippen molar-refractivity contribution >= 4 is 11.8 Å². The molecule has 22 heavy (non-hydrogen) atoms. The summed E-state index contributed by atoms with van der Waals surface area (Å²) in [6.45, 7) is 4.27. The molecular weight excluding hydrogens is 300 g/mol. The van der Waals surface area contributed by atoms with Gasteiger partial charge in [0.05, 0.1) is 5.75 Å². The quantitative estimate of drug-likeness (QED) is 0.744. The first-order valence-electron chi connectivity index (χ1n) is 7.98. The SMILES string of the molecule is CC(C)Cc1noc(CSc2nnc(C3CCCCC3)o2)n1. The molecule has 0 bridgehead atoms. The summed E-state index contributed by atoms with van der Waals surface area (Å²) < 4.78 is 11.0. The van der Waals surface area contributed by atoms with Crippen LogP contribution in [0.5, 0.6) is 0 Å². The van der Waals surface area contributed by atoms with Gasteiger partial charge in [0.2, 0.25) is 11.8 Å². The number of nitrogens with zero attached hydrogens (tertiary/aromatic N) is 4. The van der Waals surface area contributed by atoms with Gasteiger partial charge in [0.15, 0.2) is 5.82 Å². The highest BCUT2D eigenvalue weighted by atomic mass is 32.2. The zero-order valence-corrected chi connectivity index (χ0v) is 13.9. The Morgan fingerprint density at radius 3 is 2.77 bits per heavy atom. The first-order valence-corrected chi connectivity index (χ1v) is 8.97. The van der Waals surface area contributed by atoms with Gasteiger partial charge in [-0.15, -0.1) is 10.2 Å². The largest absolute Gasteiger partial charge is 0.416 e. The lowest BCUT2D eigenvalue weighted by molar-refractivity contribution is 0.334. The third-order valence-electron chi connectivity index (χ3n) is 3.80. The van der Waals surface area contributed by atoms with Gasteiger partial charge >= 0.3 is 0 Å². The van der Waals surface area contributed by atoms with Crippen LogP contribution in [-0.2, 0) is 12.2 Å². The summed E-state index contributed by atoms with van der Waals surface area (Å²) in [5.41, 5.74) is 0. The molecule has 1 aliphatic carbocycles. The maximum atomic E-state index is 5.77. The third-order valence-corrected chi connectivity index (χ3v) is 4.60. The Morgan fingerprint density at radius 1 is 1.18 bits per heavy atom. The molecule has 2 aromatic rings. The van der Waals surface area contributed by atoms with Crippen molar-refractivity contribution in [3.63, 3.8) is 0 Å². The van der Waals surface area contributed by atoms with Crippen molar-refractivity contribution in [3.8, 4) is 0 Å². The van der Waals surface area contributed by atoms with E-state index >= 15 is 0 Å². The molecule has 0 atom stereocenters. The second-order valence-corrected chi connectivity index (χ2v) is 7.16. The van der Waals surface area contributed by atoms with Crippen molar-refractivity contribution in [2.75, 3.05) is 0 Å². The van der Waals surface area contributed by atoms with Crippen LogP contribution in [0.1, 0.15) is 69.5 Å². The molecule has 1 fully saturated rings. The van der Waals surface area contributed by atoms with Crippen LogP contribution in [0.4, 0.5) is 0 Å². The number of hydrogen-bond donors (Lipinski definition) is 0. The molecule has 3 rings (SSSR count). The van der Waals surface area contributed by atoms with Crippen molar-refractivity contribution in [1.29, 1.82) is 0 Å². The summed E-state index contributed by atoms with van der Waals surface area (Å²) in [5, 5.41) is 12.9. The summed E-state index contributed by atoms with van der Waals surface area (Å²) in [6, 6.07) is 0. The van der Waals surface area contributed by atoms with E-state index in [1.165, 1.54) is 31.0 Å². The van der Waals surface area contributed by atoms with Gasteiger partial charge in [-0.05, 0) is 18.8 Å². The third kappa shape index (κ3) is 4.09. The standard InChI is InChI=1S/C15H22N4O2S/c1-10(2)8-12-16-13(21-19-12)9-22-15-18-17-14(20-15)11-6-4-3-5-7-11/h10-11H,3-9H2,1-2H3. The van der Waals surface area contributed by atoms with Crippen molar-refractivity contribution in [1.82, 2.24) is 20.3 Å². The van der Waals surface area contributed by atoms with Crippen molar-refractivity contribution in [3.05, 3.63) is 17.6 Å². The lowest BCUT2D eigenvalue weighted by Crippen LogP contribution is -2.04. The summed E-state index contributed by atoms with van der Waals surface area (Å²) in [6.07, 6.45) is 7.00. The Kier molecular flexibility index (Phi) is 5.12. The van der Waals surface area contributed by atoms with E-state index in [-0.39, 0.29) is 0 Å². The fourth-order valence-electron chi connectivity index (χ4n) is 2.71. The van der Waals surface area contributed by atoms with Crippen LogP contribution in [0.15, 0.2) is 14.2 Å². The Morgan fingerprint density at radius 2 is 2.00 bits per heavy atom. The Hall–Kier alpha value is -1.37. The van der Waals surface area contributed by atoms with Gasteiger partial charge in [-0.25, -0.2) is 0 Å². The maximum absolute atomic E-state index is 5.77. The molecule has 0 N–H and O–H groups in total. The number of rotatable bonds is 6. The van der Waals surface area contributed by atoms with E-state index in [0.29, 0.717) is 28.7 Å². The first-order chi connectivity index (χ1) is 10.7. The number of aromatic nitrogens is 4. The summed E-state index contributed by atoms with van der Waals surface area (Å²) in [7, 11) is 0. The molecule has 0 radical (unpaired) electrons. The fraction of sp³-hybridized carbons (Fsp3) is 0.733. The predicted molar refractivity (Wildman–Crippen MR) is 82.5 cm³/mol. The summed E-state index contributed by atoms with van der Waals surface area (Å²) in [5.74, 6) is 3.69. The molecular formula is C15H22N4O2S. The average molecular weight is 322 g/mol. The predicted octanol–water partition coefficient (Wildman–Crippen LogP) is 3.99. The Labute approximate surface area is 134 Å². The molecule has 1 saturated carbocycles. The average Bonchev–Trinajstić information content (AvgIpc) is 3.15. The number of hydrogen-bond acceptors (Lipinski definition) is 7. The van der Waals surface area contributed by atoms with Gasteiger partial charge < -0.3 is 8.94 Å². The molecule has 0 spiro atoms. The van der Waals surface area contributed by atoms with Crippen LogP contribution in [0.25, 0.3) is 0 Å². The van der Waals surface area contributed by atoms with E-state index in [1.807, 2.05) is 0 Å². The molecule has 120 valence electrons. The van der Waals surface area contributed by atoms with Crippen molar-refractivity contribution in [2.45, 2.75) is 69.3 Å². The molecule has 2 heterocycles. The van der Waals surface area contributed by atoms with Gasteiger partial charge in [-0.1, -0.05) is 50.0 Å². The lowest BCUT2D eigenvalue weighted by Gasteiger charge is -2.17. The van der Waals surface area contributed by atoms with Crippen molar-refractivity contribution < 1.29 is 8.94 Å². The van der Waals surface area contributed by atoms with Crippen LogP contribution in [0, 0.1) is 5.92 Å². The Balaban J connectivity index is 1.53. The van der Waals surface area contributed by atoms with Gasteiger partial charge in [0, 0.05) is 12.3 Å². The molecule has 7 heteroatoms. The van der Waals surface area contributed by atoms with Gasteiger partial charge in [-0.2, -0.15) is 4.98 Å². The van der Waals surface area contributed by atoms with E-state index in [0.717, 1.165) is 31.0 Å². The fourth-order valence-corrected chi connectivity index (χ4v) is 3.32. The minimum absolute atomic E-state index is 0.441. The van der Waals surface area contributed by atoms with Crippen molar-refractivity contribution in [2.24, 2.45) is 5.92 Å². The molecule has 0 aromatic carbocycles. The van der Waals surface area contributed by atoms with Gasteiger partial charge in [0.25, 0.3) is 5.22 Å². The molecule has 0 amide bonds.